The lowest BCUT2D eigenvalue weighted by atomic mass is 10.2. The molecule has 0 aliphatic rings. The lowest BCUT2D eigenvalue weighted by Crippen LogP contribution is -2.19. The van der Waals surface area contributed by atoms with Crippen LogP contribution in [0.5, 0.6) is 0 Å². The predicted molar refractivity (Wildman–Crippen MR) is 72.0 cm³/mol. The molecule has 5 nitrogen and oxygen atoms in total. The van der Waals surface area contributed by atoms with E-state index in [1.807, 2.05) is 0 Å². The fourth-order valence-electron chi connectivity index (χ4n) is 1.59. The van der Waals surface area contributed by atoms with Crippen molar-refractivity contribution in [1.29, 1.82) is 0 Å². The Labute approximate surface area is 110 Å². The average molecular weight is 258 g/mol. The van der Waals surface area contributed by atoms with Gasteiger partial charge in [0, 0.05) is 30.6 Å². The first-order valence-corrected chi connectivity index (χ1v) is 5.78. The van der Waals surface area contributed by atoms with Crippen molar-refractivity contribution in [1.82, 2.24) is 4.57 Å². The Morgan fingerprint density at radius 1 is 1.26 bits per heavy atom. The standard InChI is InChI=1S/C14H14N2O3/c1-16-7-6-11(8-13(16)18)14(19)15-12-4-2-10(9-17)3-5-12/h2-8,17H,9H2,1H3,(H,15,19). The van der Waals surface area contributed by atoms with Crippen LogP contribution in [-0.2, 0) is 13.7 Å². The van der Waals surface area contributed by atoms with Crippen molar-refractivity contribution in [3.8, 4) is 0 Å². The molecule has 2 rings (SSSR count). The van der Waals surface area contributed by atoms with Gasteiger partial charge in [-0.1, -0.05) is 12.1 Å². The number of amides is 1. The molecule has 2 N–H and O–H groups in total. The zero-order chi connectivity index (χ0) is 13.8. The molecule has 0 bridgehead atoms. The van der Waals surface area contributed by atoms with Crippen molar-refractivity contribution in [2.75, 3.05) is 5.32 Å². The SMILES string of the molecule is Cn1ccc(C(=O)Nc2ccc(CO)cc2)cc1=O. The molecule has 0 radical (unpaired) electrons. The predicted octanol–water partition coefficient (Wildman–Crippen LogP) is 1.13. The van der Waals surface area contributed by atoms with Gasteiger partial charge in [-0.25, -0.2) is 0 Å². The van der Waals surface area contributed by atoms with Crippen LogP contribution in [0.4, 0.5) is 5.69 Å². The molecule has 2 aromatic rings. The van der Waals surface area contributed by atoms with Crippen molar-refractivity contribution in [2.45, 2.75) is 6.61 Å². The van der Waals surface area contributed by atoms with Crippen molar-refractivity contribution in [3.05, 3.63) is 64.1 Å². The molecule has 1 amide bonds. The molecule has 0 spiro atoms. The van der Waals surface area contributed by atoms with Gasteiger partial charge >= 0.3 is 0 Å². The van der Waals surface area contributed by atoms with Crippen LogP contribution in [0.2, 0.25) is 0 Å². The second-order valence-corrected chi connectivity index (χ2v) is 4.17. The number of aromatic nitrogens is 1. The summed E-state index contributed by atoms with van der Waals surface area (Å²) in [6.45, 7) is -0.0387. The minimum atomic E-state index is -0.338. The van der Waals surface area contributed by atoms with Crippen LogP contribution in [0.3, 0.4) is 0 Å². The van der Waals surface area contributed by atoms with Gasteiger partial charge in [-0.15, -0.1) is 0 Å². The topological polar surface area (TPSA) is 71.3 Å². The summed E-state index contributed by atoms with van der Waals surface area (Å²) in [4.78, 5) is 23.4. The molecule has 1 aromatic carbocycles. The van der Waals surface area contributed by atoms with E-state index in [-0.39, 0.29) is 18.1 Å². The lowest BCUT2D eigenvalue weighted by Gasteiger charge is -2.06. The zero-order valence-corrected chi connectivity index (χ0v) is 10.5. The summed E-state index contributed by atoms with van der Waals surface area (Å²) in [6, 6.07) is 9.71. The van der Waals surface area contributed by atoms with Crippen molar-refractivity contribution in [3.63, 3.8) is 0 Å². The molecule has 0 unspecified atom stereocenters. The first-order chi connectivity index (χ1) is 9.10. The second kappa shape index (κ2) is 5.49. The van der Waals surface area contributed by atoms with Crippen molar-refractivity contribution >= 4 is 11.6 Å². The van der Waals surface area contributed by atoms with Crippen LogP contribution in [0.1, 0.15) is 15.9 Å². The number of nitrogens with zero attached hydrogens (tertiary/aromatic N) is 1. The van der Waals surface area contributed by atoms with Gasteiger partial charge in [0.25, 0.3) is 11.5 Å². The van der Waals surface area contributed by atoms with Gasteiger partial charge in [-0.05, 0) is 23.8 Å². The van der Waals surface area contributed by atoms with E-state index in [0.29, 0.717) is 11.3 Å². The summed E-state index contributed by atoms with van der Waals surface area (Å²) in [5.41, 5.74) is 1.46. The number of nitrogens with one attached hydrogen (secondary N) is 1. The quantitative estimate of drug-likeness (QED) is 0.867. The van der Waals surface area contributed by atoms with E-state index in [2.05, 4.69) is 5.32 Å². The normalized spacial score (nSPS) is 10.2. The molecule has 98 valence electrons. The lowest BCUT2D eigenvalue weighted by molar-refractivity contribution is 0.102. The smallest absolute Gasteiger partial charge is 0.255 e. The maximum atomic E-state index is 11.9. The van der Waals surface area contributed by atoms with E-state index in [0.717, 1.165) is 5.56 Å². The largest absolute Gasteiger partial charge is 0.392 e. The number of carbonyl (C=O) groups is 1. The summed E-state index contributed by atoms with van der Waals surface area (Å²) in [5, 5.41) is 11.6. The van der Waals surface area contributed by atoms with Crippen LogP contribution in [-0.4, -0.2) is 15.6 Å². The second-order valence-electron chi connectivity index (χ2n) is 4.17. The van der Waals surface area contributed by atoms with Gasteiger partial charge in [0.1, 0.15) is 0 Å². The number of aliphatic hydroxyl groups excluding tert-OH is 1. The molecule has 19 heavy (non-hydrogen) atoms. The third kappa shape index (κ3) is 3.08. The first kappa shape index (κ1) is 13.0. The zero-order valence-electron chi connectivity index (χ0n) is 10.5. The maximum absolute atomic E-state index is 11.9. The van der Waals surface area contributed by atoms with E-state index in [9.17, 15) is 9.59 Å². The molecule has 1 aromatic heterocycles. The van der Waals surface area contributed by atoms with E-state index >= 15 is 0 Å². The molecule has 5 heteroatoms. The molecule has 0 saturated heterocycles. The van der Waals surface area contributed by atoms with Gasteiger partial charge < -0.3 is 15.0 Å². The van der Waals surface area contributed by atoms with Gasteiger partial charge in [-0.3, -0.25) is 9.59 Å². The Bertz CT molecular complexity index is 644. The molecule has 0 aliphatic heterocycles. The number of pyridine rings is 1. The minimum absolute atomic E-state index is 0.0387. The highest BCUT2D eigenvalue weighted by molar-refractivity contribution is 6.04. The fraction of sp³-hybridized carbons (Fsp3) is 0.143. The number of carbonyl (C=O) groups excluding carboxylic acids is 1. The summed E-state index contributed by atoms with van der Waals surface area (Å²) >= 11 is 0. The third-order valence-corrected chi connectivity index (χ3v) is 2.76. The number of hydrogen-bond acceptors (Lipinski definition) is 3. The maximum Gasteiger partial charge on any atom is 0.255 e. The van der Waals surface area contributed by atoms with Gasteiger partial charge in [0.15, 0.2) is 0 Å². The van der Waals surface area contributed by atoms with Crippen LogP contribution in [0.25, 0.3) is 0 Å². The van der Waals surface area contributed by atoms with Crippen LogP contribution < -0.4 is 10.9 Å². The number of benzene rings is 1. The van der Waals surface area contributed by atoms with Gasteiger partial charge in [0.2, 0.25) is 0 Å². The summed E-state index contributed by atoms with van der Waals surface area (Å²) in [6.07, 6.45) is 1.55. The fourth-order valence-corrected chi connectivity index (χ4v) is 1.59. The number of hydrogen-bond donors (Lipinski definition) is 2. The Morgan fingerprint density at radius 3 is 2.53 bits per heavy atom. The van der Waals surface area contributed by atoms with Crippen molar-refractivity contribution < 1.29 is 9.90 Å². The van der Waals surface area contributed by atoms with Gasteiger partial charge in [0.05, 0.1) is 6.61 Å². The van der Waals surface area contributed by atoms with Crippen LogP contribution in [0.15, 0.2) is 47.4 Å². The molecule has 0 atom stereocenters. The van der Waals surface area contributed by atoms with E-state index in [4.69, 9.17) is 5.11 Å². The third-order valence-electron chi connectivity index (χ3n) is 2.76. The Morgan fingerprint density at radius 2 is 1.95 bits per heavy atom. The Hall–Kier alpha value is -2.40. The monoisotopic (exact) mass is 258 g/mol. The van der Waals surface area contributed by atoms with E-state index < -0.39 is 0 Å². The van der Waals surface area contributed by atoms with Crippen LogP contribution >= 0.6 is 0 Å². The highest BCUT2D eigenvalue weighted by atomic mass is 16.3. The van der Waals surface area contributed by atoms with E-state index in [1.165, 1.54) is 10.6 Å². The summed E-state index contributed by atoms with van der Waals surface area (Å²) in [7, 11) is 1.62. The van der Waals surface area contributed by atoms with E-state index in [1.54, 1.807) is 43.6 Å². The molecule has 0 aliphatic carbocycles. The molecular formula is C14H14N2O3. The molecule has 0 fully saturated rings. The summed E-state index contributed by atoms with van der Waals surface area (Å²) in [5.74, 6) is -0.338. The first-order valence-electron chi connectivity index (χ1n) is 5.78. The molecule has 1 heterocycles. The Kier molecular flexibility index (Phi) is 3.77. The highest BCUT2D eigenvalue weighted by Crippen LogP contribution is 2.10. The molecular weight excluding hydrogens is 244 g/mol. The van der Waals surface area contributed by atoms with Gasteiger partial charge in [-0.2, -0.15) is 0 Å². The Balaban J connectivity index is 2.15. The number of aryl methyl sites for hydroxylation is 1. The number of rotatable bonds is 3. The van der Waals surface area contributed by atoms with Crippen molar-refractivity contribution in [2.24, 2.45) is 7.05 Å². The summed E-state index contributed by atoms with van der Waals surface area (Å²) < 4.78 is 1.40. The average Bonchev–Trinajstić information content (AvgIpc) is 2.42. The highest BCUT2D eigenvalue weighted by Gasteiger charge is 2.07. The van der Waals surface area contributed by atoms with Crippen LogP contribution in [0, 0.1) is 0 Å². The molecule has 0 saturated carbocycles. The number of anilines is 1. The minimum Gasteiger partial charge on any atom is -0.392 e. The number of aliphatic hydroxyl groups is 1.